The maximum absolute atomic E-state index is 10.9. The quantitative estimate of drug-likeness (QED) is 0.837. The van der Waals surface area contributed by atoms with Crippen LogP contribution in [0.5, 0.6) is 0 Å². The van der Waals surface area contributed by atoms with Gasteiger partial charge in [-0.2, -0.15) is 0 Å². The van der Waals surface area contributed by atoms with E-state index in [-0.39, 0.29) is 5.78 Å². The number of rotatable bonds is 3. The summed E-state index contributed by atoms with van der Waals surface area (Å²) in [6.07, 6.45) is 2.15. The van der Waals surface area contributed by atoms with Gasteiger partial charge in [0.25, 0.3) is 0 Å². The van der Waals surface area contributed by atoms with Crippen molar-refractivity contribution in [1.29, 1.82) is 0 Å². The van der Waals surface area contributed by atoms with Gasteiger partial charge in [-0.3, -0.25) is 4.79 Å². The van der Waals surface area contributed by atoms with Crippen molar-refractivity contribution in [3.63, 3.8) is 0 Å². The number of ketones is 1. The first kappa shape index (κ1) is 9.15. The number of hydrogen-bond donors (Lipinski definition) is 1. The van der Waals surface area contributed by atoms with E-state index in [1.807, 2.05) is 17.5 Å². The minimum Gasteiger partial charge on any atom is -0.341 e. The SMILES string of the molecule is CC(=O)Cc1ncc(-c2cccs2)[nH]1. The molecule has 2 heterocycles. The third kappa shape index (κ3) is 1.90. The first-order valence-electron chi connectivity index (χ1n) is 4.33. The molecule has 0 saturated carbocycles. The molecule has 0 saturated heterocycles. The van der Waals surface area contributed by atoms with Gasteiger partial charge in [-0.05, 0) is 18.4 Å². The highest BCUT2D eigenvalue weighted by Gasteiger charge is 2.05. The van der Waals surface area contributed by atoms with Crippen molar-refractivity contribution in [3.05, 3.63) is 29.5 Å². The zero-order valence-corrected chi connectivity index (χ0v) is 8.60. The summed E-state index contributed by atoms with van der Waals surface area (Å²) in [6, 6.07) is 4.02. The van der Waals surface area contributed by atoms with Gasteiger partial charge in [-0.25, -0.2) is 4.98 Å². The fourth-order valence-electron chi connectivity index (χ4n) is 1.25. The molecule has 72 valence electrons. The molecule has 0 spiro atoms. The lowest BCUT2D eigenvalue weighted by Gasteiger charge is -1.90. The molecule has 3 nitrogen and oxygen atoms in total. The van der Waals surface area contributed by atoms with Crippen LogP contribution in [-0.4, -0.2) is 15.8 Å². The number of nitrogens with one attached hydrogen (secondary N) is 1. The van der Waals surface area contributed by atoms with E-state index in [9.17, 15) is 4.79 Å². The molecule has 0 unspecified atom stereocenters. The van der Waals surface area contributed by atoms with Crippen molar-refractivity contribution >= 4 is 17.1 Å². The summed E-state index contributed by atoms with van der Waals surface area (Å²) in [4.78, 5) is 19.3. The molecule has 0 bridgehead atoms. The highest BCUT2D eigenvalue weighted by molar-refractivity contribution is 7.13. The van der Waals surface area contributed by atoms with Crippen LogP contribution in [0, 0.1) is 0 Å². The van der Waals surface area contributed by atoms with Gasteiger partial charge in [0.1, 0.15) is 11.6 Å². The predicted octanol–water partition coefficient (Wildman–Crippen LogP) is 2.27. The molecule has 0 aliphatic heterocycles. The topological polar surface area (TPSA) is 45.8 Å². The van der Waals surface area contributed by atoms with Gasteiger partial charge in [0, 0.05) is 0 Å². The van der Waals surface area contributed by atoms with Crippen molar-refractivity contribution in [1.82, 2.24) is 9.97 Å². The summed E-state index contributed by atoms with van der Waals surface area (Å²) >= 11 is 1.65. The Labute approximate surface area is 85.8 Å². The predicted molar refractivity (Wildman–Crippen MR) is 56.3 cm³/mol. The molecular weight excluding hydrogens is 196 g/mol. The lowest BCUT2D eigenvalue weighted by molar-refractivity contribution is -0.116. The Balaban J connectivity index is 2.22. The van der Waals surface area contributed by atoms with Gasteiger partial charge in [0.2, 0.25) is 0 Å². The van der Waals surface area contributed by atoms with Crippen LogP contribution in [0.2, 0.25) is 0 Å². The highest BCUT2D eigenvalue weighted by Crippen LogP contribution is 2.22. The second kappa shape index (κ2) is 3.75. The monoisotopic (exact) mass is 206 g/mol. The molecule has 0 atom stereocenters. The minimum absolute atomic E-state index is 0.122. The molecule has 2 aromatic heterocycles. The molecule has 0 amide bonds. The second-order valence-electron chi connectivity index (χ2n) is 3.10. The van der Waals surface area contributed by atoms with Crippen LogP contribution in [0.1, 0.15) is 12.7 Å². The number of carbonyl (C=O) groups is 1. The molecule has 14 heavy (non-hydrogen) atoms. The van der Waals surface area contributed by atoms with Gasteiger partial charge in [-0.15, -0.1) is 11.3 Å². The maximum atomic E-state index is 10.9. The smallest absolute Gasteiger partial charge is 0.137 e. The zero-order chi connectivity index (χ0) is 9.97. The number of nitrogens with zero attached hydrogens (tertiary/aromatic N) is 1. The second-order valence-corrected chi connectivity index (χ2v) is 4.05. The fourth-order valence-corrected chi connectivity index (χ4v) is 1.94. The van der Waals surface area contributed by atoms with Crippen LogP contribution in [0.15, 0.2) is 23.7 Å². The average Bonchev–Trinajstić information content (AvgIpc) is 2.69. The summed E-state index contributed by atoms with van der Waals surface area (Å²) in [6.45, 7) is 1.56. The third-order valence-corrected chi connectivity index (χ3v) is 2.73. The van der Waals surface area contributed by atoms with E-state index in [0.29, 0.717) is 6.42 Å². The normalized spacial score (nSPS) is 10.4. The van der Waals surface area contributed by atoms with E-state index in [1.54, 1.807) is 24.5 Å². The molecule has 0 radical (unpaired) electrons. The summed E-state index contributed by atoms with van der Waals surface area (Å²) in [5, 5.41) is 2.01. The first-order valence-corrected chi connectivity index (χ1v) is 5.21. The van der Waals surface area contributed by atoms with E-state index in [0.717, 1.165) is 16.4 Å². The number of H-pyrrole nitrogens is 1. The number of imidazole rings is 1. The van der Waals surface area contributed by atoms with Crippen molar-refractivity contribution in [2.24, 2.45) is 0 Å². The number of carbonyl (C=O) groups excluding carboxylic acids is 1. The number of hydrogen-bond acceptors (Lipinski definition) is 3. The fraction of sp³-hybridized carbons (Fsp3) is 0.200. The number of thiophene rings is 1. The van der Waals surface area contributed by atoms with E-state index in [1.165, 1.54) is 0 Å². The molecule has 2 aromatic rings. The largest absolute Gasteiger partial charge is 0.341 e. The van der Waals surface area contributed by atoms with Crippen LogP contribution >= 0.6 is 11.3 Å². The lowest BCUT2D eigenvalue weighted by Crippen LogP contribution is -1.97. The number of aromatic nitrogens is 2. The van der Waals surface area contributed by atoms with Crippen LogP contribution in [0.4, 0.5) is 0 Å². The molecule has 4 heteroatoms. The molecule has 1 N–H and O–H groups in total. The van der Waals surface area contributed by atoms with E-state index < -0.39 is 0 Å². The van der Waals surface area contributed by atoms with E-state index in [2.05, 4.69) is 9.97 Å². The third-order valence-electron chi connectivity index (χ3n) is 1.83. The van der Waals surface area contributed by atoms with Gasteiger partial charge in [0.05, 0.1) is 23.2 Å². The Morgan fingerprint density at radius 3 is 3.14 bits per heavy atom. The van der Waals surface area contributed by atoms with E-state index in [4.69, 9.17) is 0 Å². The molecule has 0 aromatic carbocycles. The Hall–Kier alpha value is -1.42. The Bertz CT molecular complexity index is 431. The molecule has 0 fully saturated rings. The number of Topliss-reactive ketones (excluding diaryl/α,β-unsaturated/α-hetero) is 1. The molecule has 2 rings (SSSR count). The Kier molecular flexibility index (Phi) is 2.45. The maximum Gasteiger partial charge on any atom is 0.137 e. The molecule has 0 aliphatic carbocycles. The highest BCUT2D eigenvalue weighted by atomic mass is 32.1. The summed E-state index contributed by atoms with van der Waals surface area (Å²) in [5.41, 5.74) is 0.983. The Morgan fingerprint density at radius 1 is 1.64 bits per heavy atom. The number of aromatic amines is 1. The summed E-state index contributed by atoms with van der Waals surface area (Å²) in [5.74, 6) is 0.859. The van der Waals surface area contributed by atoms with Gasteiger partial charge in [-0.1, -0.05) is 6.07 Å². The summed E-state index contributed by atoms with van der Waals surface area (Å²) < 4.78 is 0. The summed E-state index contributed by atoms with van der Waals surface area (Å²) in [7, 11) is 0. The zero-order valence-electron chi connectivity index (χ0n) is 7.78. The standard InChI is InChI=1S/C10H10N2OS/c1-7(13)5-10-11-6-8(12-10)9-3-2-4-14-9/h2-4,6H,5H2,1H3,(H,11,12). The van der Waals surface area contributed by atoms with Gasteiger partial charge >= 0.3 is 0 Å². The average molecular weight is 206 g/mol. The van der Waals surface area contributed by atoms with Crippen LogP contribution in [0.3, 0.4) is 0 Å². The minimum atomic E-state index is 0.122. The van der Waals surface area contributed by atoms with Crippen molar-refractivity contribution in [3.8, 4) is 10.6 Å². The Morgan fingerprint density at radius 2 is 2.50 bits per heavy atom. The van der Waals surface area contributed by atoms with Crippen molar-refractivity contribution < 1.29 is 4.79 Å². The van der Waals surface area contributed by atoms with Crippen molar-refractivity contribution in [2.45, 2.75) is 13.3 Å². The van der Waals surface area contributed by atoms with Crippen LogP contribution < -0.4 is 0 Å². The molecular formula is C10H10N2OS. The van der Waals surface area contributed by atoms with E-state index >= 15 is 0 Å². The lowest BCUT2D eigenvalue weighted by atomic mass is 10.3. The van der Waals surface area contributed by atoms with Crippen molar-refractivity contribution in [2.75, 3.05) is 0 Å². The van der Waals surface area contributed by atoms with Gasteiger partial charge < -0.3 is 4.98 Å². The van der Waals surface area contributed by atoms with Crippen LogP contribution in [0.25, 0.3) is 10.6 Å². The van der Waals surface area contributed by atoms with Crippen LogP contribution in [-0.2, 0) is 11.2 Å². The van der Waals surface area contributed by atoms with Gasteiger partial charge in [0.15, 0.2) is 0 Å². The molecule has 0 aliphatic rings. The first-order chi connectivity index (χ1) is 6.75.